The second-order valence-corrected chi connectivity index (χ2v) is 8.16. The molecule has 0 aliphatic carbocycles. The number of esters is 1. The lowest BCUT2D eigenvalue weighted by molar-refractivity contribution is -0.147. The topological polar surface area (TPSA) is 64.6 Å². The van der Waals surface area contributed by atoms with E-state index in [2.05, 4.69) is 18.8 Å². The Morgan fingerprint density at radius 3 is 1.76 bits per heavy atom. The van der Waals surface area contributed by atoms with E-state index in [4.69, 9.17) is 9.47 Å². The maximum atomic E-state index is 12.2. The van der Waals surface area contributed by atoms with Gasteiger partial charge in [0, 0.05) is 0 Å². The fourth-order valence-corrected chi connectivity index (χ4v) is 3.18. The minimum absolute atomic E-state index is 0.0644. The molecule has 0 radical (unpaired) electrons. The van der Waals surface area contributed by atoms with Gasteiger partial charge in [-0.1, -0.05) is 110 Å². The van der Waals surface area contributed by atoms with Gasteiger partial charge in [-0.15, -0.1) is 0 Å². The molecule has 170 valence electrons. The van der Waals surface area contributed by atoms with Crippen molar-refractivity contribution in [2.45, 2.75) is 110 Å². The molecule has 0 aliphatic rings. The van der Waals surface area contributed by atoms with Crippen molar-refractivity contribution >= 4 is 12.1 Å². The van der Waals surface area contributed by atoms with Gasteiger partial charge in [-0.25, -0.2) is 9.59 Å². The molecule has 1 amide bonds. The average molecular weight is 412 g/mol. The summed E-state index contributed by atoms with van der Waals surface area (Å²) in [5, 5.41) is 2.57. The predicted molar refractivity (Wildman–Crippen MR) is 120 cm³/mol. The second kappa shape index (κ2) is 19.8. The van der Waals surface area contributed by atoms with Gasteiger partial charge in [-0.3, -0.25) is 0 Å². The monoisotopic (exact) mass is 411 g/mol. The molecular formula is C24H45NO4. The van der Waals surface area contributed by atoms with Crippen LogP contribution in [0.3, 0.4) is 0 Å². The van der Waals surface area contributed by atoms with Gasteiger partial charge in [0.25, 0.3) is 0 Å². The molecule has 5 nitrogen and oxygen atoms in total. The molecule has 1 unspecified atom stereocenters. The number of hydrogen-bond acceptors (Lipinski definition) is 4. The number of ether oxygens (including phenoxy) is 2. The van der Waals surface area contributed by atoms with Crippen LogP contribution in [0, 0.1) is 5.92 Å². The molecule has 1 atom stereocenters. The van der Waals surface area contributed by atoms with Crippen LogP contribution in [-0.4, -0.2) is 31.3 Å². The van der Waals surface area contributed by atoms with Crippen LogP contribution >= 0.6 is 0 Å². The Balaban J connectivity index is 3.63. The van der Waals surface area contributed by atoms with E-state index >= 15 is 0 Å². The first-order valence-electron chi connectivity index (χ1n) is 11.7. The lowest BCUT2D eigenvalue weighted by atomic mass is 10.0. The molecule has 29 heavy (non-hydrogen) atoms. The fourth-order valence-electron chi connectivity index (χ4n) is 3.18. The van der Waals surface area contributed by atoms with E-state index in [1.807, 2.05) is 13.8 Å². The van der Waals surface area contributed by atoms with E-state index in [1.165, 1.54) is 76.7 Å². The summed E-state index contributed by atoms with van der Waals surface area (Å²) in [4.78, 5) is 23.8. The SMILES string of the molecule is C=CCOC(=O)NC(C(=O)OCCCCCCCCCCCCCCC)C(C)C. The van der Waals surface area contributed by atoms with E-state index < -0.39 is 18.1 Å². The van der Waals surface area contributed by atoms with Crippen LogP contribution < -0.4 is 5.32 Å². The van der Waals surface area contributed by atoms with Gasteiger partial charge >= 0.3 is 12.1 Å². The van der Waals surface area contributed by atoms with Crippen LogP contribution in [0.25, 0.3) is 0 Å². The van der Waals surface area contributed by atoms with Gasteiger partial charge in [-0.05, 0) is 12.3 Å². The maximum Gasteiger partial charge on any atom is 0.408 e. The Morgan fingerprint density at radius 1 is 0.828 bits per heavy atom. The number of hydrogen-bond donors (Lipinski definition) is 1. The van der Waals surface area contributed by atoms with Crippen LogP contribution in [0.4, 0.5) is 4.79 Å². The largest absolute Gasteiger partial charge is 0.464 e. The van der Waals surface area contributed by atoms with Crippen LogP contribution in [0.15, 0.2) is 12.7 Å². The molecule has 0 rings (SSSR count). The normalized spacial score (nSPS) is 11.9. The molecule has 0 saturated heterocycles. The molecule has 0 heterocycles. The number of rotatable bonds is 19. The van der Waals surface area contributed by atoms with Crippen molar-refractivity contribution in [2.24, 2.45) is 5.92 Å². The lowest BCUT2D eigenvalue weighted by Crippen LogP contribution is -2.45. The van der Waals surface area contributed by atoms with Crippen LogP contribution in [-0.2, 0) is 14.3 Å². The Kier molecular flexibility index (Phi) is 18.7. The molecular weight excluding hydrogens is 366 g/mol. The smallest absolute Gasteiger partial charge is 0.408 e. The first kappa shape index (κ1) is 27.5. The Hall–Kier alpha value is -1.52. The Bertz CT molecular complexity index is 423. The van der Waals surface area contributed by atoms with E-state index in [-0.39, 0.29) is 12.5 Å². The summed E-state index contributed by atoms with van der Waals surface area (Å²) in [6.07, 6.45) is 17.5. The standard InChI is InChI=1S/C24H45NO4/c1-5-7-8-9-10-11-12-13-14-15-16-17-18-20-28-23(26)22(21(3)4)25-24(27)29-19-6-2/h6,21-22H,2,5,7-20H2,1,3-4H3,(H,25,27). The van der Waals surface area contributed by atoms with Crippen LogP contribution in [0.5, 0.6) is 0 Å². The summed E-state index contributed by atoms with van der Waals surface area (Å²) in [7, 11) is 0. The number of carbonyl (C=O) groups is 2. The third-order valence-corrected chi connectivity index (χ3v) is 5.02. The van der Waals surface area contributed by atoms with Crippen molar-refractivity contribution in [3.63, 3.8) is 0 Å². The number of nitrogens with one attached hydrogen (secondary N) is 1. The van der Waals surface area contributed by atoms with E-state index in [0.29, 0.717) is 6.61 Å². The molecule has 0 aliphatic heterocycles. The number of amides is 1. The highest BCUT2D eigenvalue weighted by molar-refractivity contribution is 5.81. The summed E-state index contributed by atoms with van der Waals surface area (Å²) in [6, 6.07) is -0.686. The summed E-state index contributed by atoms with van der Waals surface area (Å²) in [5.41, 5.74) is 0. The predicted octanol–water partition coefficient (Wildman–Crippen LogP) is 6.56. The zero-order valence-electron chi connectivity index (χ0n) is 19.2. The van der Waals surface area contributed by atoms with Crippen molar-refractivity contribution in [3.05, 3.63) is 12.7 Å². The van der Waals surface area contributed by atoms with Gasteiger partial charge in [0.15, 0.2) is 0 Å². The van der Waals surface area contributed by atoms with Crippen molar-refractivity contribution in [1.29, 1.82) is 0 Å². The van der Waals surface area contributed by atoms with Crippen molar-refractivity contribution in [1.82, 2.24) is 5.32 Å². The third-order valence-electron chi connectivity index (χ3n) is 5.02. The summed E-state index contributed by atoms with van der Waals surface area (Å²) < 4.78 is 10.2. The molecule has 0 spiro atoms. The minimum Gasteiger partial charge on any atom is -0.464 e. The highest BCUT2D eigenvalue weighted by Gasteiger charge is 2.26. The molecule has 0 aromatic heterocycles. The van der Waals surface area contributed by atoms with Crippen LogP contribution in [0.1, 0.15) is 104 Å². The van der Waals surface area contributed by atoms with Gasteiger partial charge in [0.2, 0.25) is 0 Å². The molecule has 0 aromatic rings. The summed E-state index contributed by atoms with van der Waals surface area (Å²) in [5.74, 6) is -0.458. The highest BCUT2D eigenvalue weighted by atomic mass is 16.6. The number of alkyl carbamates (subject to hydrolysis) is 1. The minimum atomic E-state index is -0.686. The van der Waals surface area contributed by atoms with Crippen molar-refractivity contribution in [3.8, 4) is 0 Å². The van der Waals surface area contributed by atoms with E-state index in [1.54, 1.807) is 0 Å². The zero-order chi connectivity index (χ0) is 21.7. The van der Waals surface area contributed by atoms with E-state index in [9.17, 15) is 9.59 Å². The third kappa shape index (κ3) is 17.1. The Labute approximate surface area is 179 Å². The highest BCUT2D eigenvalue weighted by Crippen LogP contribution is 2.12. The average Bonchev–Trinajstić information content (AvgIpc) is 2.70. The van der Waals surface area contributed by atoms with Gasteiger partial charge in [-0.2, -0.15) is 0 Å². The van der Waals surface area contributed by atoms with E-state index in [0.717, 1.165) is 12.8 Å². The lowest BCUT2D eigenvalue weighted by Gasteiger charge is -2.20. The van der Waals surface area contributed by atoms with Gasteiger partial charge in [0.05, 0.1) is 6.61 Å². The maximum absolute atomic E-state index is 12.2. The van der Waals surface area contributed by atoms with Crippen molar-refractivity contribution in [2.75, 3.05) is 13.2 Å². The van der Waals surface area contributed by atoms with Gasteiger partial charge < -0.3 is 14.8 Å². The zero-order valence-corrected chi connectivity index (χ0v) is 19.2. The molecule has 0 fully saturated rings. The van der Waals surface area contributed by atoms with Gasteiger partial charge in [0.1, 0.15) is 12.6 Å². The number of carbonyl (C=O) groups excluding carboxylic acids is 2. The van der Waals surface area contributed by atoms with Crippen molar-refractivity contribution < 1.29 is 19.1 Å². The Morgan fingerprint density at radius 2 is 1.31 bits per heavy atom. The molecule has 1 N–H and O–H groups in total. The molecule has 0 saturated carbocycles. The molecule has 0 bridgehead atoms. The van der Waals surface area contributed by atoms with Crippen LogP contribution in [0.2, 0.25) is 0 Å². The summed E-state index contributed by atoms with van der Waals surface area (Å²) >= 11 is 0. The molecule has 0 aromatic carbocycles. The second-order valence-electron chi connectivity index (χ2n) is 8.16. The fraction of sp³-hybridized carbons (Fsp3) is 0.833. The first-order chi connectivity index (χ1) is 14.0. The quantitative estimate of drug-likeness (QED) is 0.148. The first-order valence-corrected chi connectivity index (χ1v) is 11.7. The number of unbranched alkanes of at least 4 members (excludes halogenated alkanes) is 12. The molecule has 5 heteroatoms. The summed E-state index contributed by atoms with van der Waals surface area (Å²) in [6.45, 7) is 10.00.